The monoisotopic (exact) mass is 452 g/mol. The van der Waals surface area contributed by atoms with Gasteiger partial charge in [0.25, 0.3) is 5.91 Å². The molecule has 0 radical (unpaired) electrons. The third-order valence-corrected chi connectivity index (χ3v) is 5.91. The molecule has 0 bridgehead atoms. The summed E-state index contributed by atoms with van der Waals surface area (Å²) in [5.74, 6) is 2.27. The Hall–Kier alpha value is -3.32. The zero-order valence-electron chi connectivity index (χ0n) is 18.1. The highest BCUT2D eigenvalue weighted by molar-refractivity contribution is 6.31. The molecule has 1 fully saturated rings. The molecule has 1 saturated heterocycles. The van der Waals surface area contributed by atoms with E-state index in [1.807, 2.05) is 48.2 Å². The summed E-state index contributed by atoms with van der Waals surface area (Å²) >= 11 is 6.04. The maximum absolute atomic E-state index is 12.6. The lowest BCUT2D eigenvalue weighted by molar-refractivity contribution is -0.133. The summed E-state index contributed by atoms with van der Waals surface area (Å²) in [6.45, 7) is 4.54. The number of piperazine rings is 1. The number of nitrogens with zero attached hydrogens (tertiary/aromatic N) is 4. The Labute approximate surface area is 192 Å². The number of ether oxygens (including phenoxy) is 2. The van der Waals surface area contributed by atoms with Crippen molar-refractivity contribution in [1.29, 1.82) is 0 Å². The van der Waals surface area contributed by atoms with Crippen LogP contribution in [0.5, 0.6) is 11.5 Å². The molecule has 0 atom stereocenters. The molecule has 32 heavy (non-hydrogen) atoms. The van der Waals surface area contributed by atoms with E-state index in [0.717, 1.165) is 28.4 Å². The average Bonchev–Trinajstić information content (AvgIpc) is 2.85. The fourth-order valence-corrected chi connectivity index (χ4v) is 3.69. The maximum Gasteiger partial charge on any atom is 0.260 e. The van der Waals surface area contributed by atoms with Crippen molar-refractivity contribution in [2.24, 2.45) is 0 Å². The number of halogens is 1. The Morgan fingerprint density at radius 1 is 1.00 bits per heavy atom. The summed E-state index contributed by atoms with van der Waals surface area (Å²) in [6, 6.07) is 15.1. The van der Waals surface area contributed by atoms with Crippen LogP contribution in [-0.2, 0) is 4.79 Å². The Bertz CT molecular complexity index is 1080. The number of hydrogen-bond donors (Lipinski definition) is 0. The Kier molecular flexibility index (Phi) is 6.75. The number of carbonyl (C=O) groups excluding carboxylic acids is 1. The number of carbonyl (C=O) groups is 1. The normalized spacial score (nSPS) is 13.7. The number of aryl methyl sites for hydroxylation is 1. The van der Waals surface area contributed by atoms with E-state index in [9.17, 15) is 4.79 Å². The van der Waals surface area contributed by atoms with Gasteiger partial charge in [0.05, 0.1) is 12.8 Å². The van der Waals surface area contributed by atoms with Crippen molar-refractivity contribution in [3.05, 3.63) is 65.4 Å². The van der Waals surface area contributed by atoms with Crippen LogP contribution in [0.2, 0.25) is 5.02 Å². The van der Waals surface area contributed by atoms with Gasteiger partial charge in [-0.15, -0.1) is 0 Å². The zero-order valence-corrected chi connectivity index (χ0v) is 18.9. The van der Waals surface area contributed by atoms with E-state index in [4.69, 9.17) is 21.1 Å². The van der Waals surface area contributed by atoms with E-state index in [-0.39, 0.29) is 12.5 Å². The minimum absolute atomic E-state index is 0.0101. The molecule has 166 valence electrons. The van der Waals surface area contributed by atoms with Gasteiger partial charge < -0.3 is 19.3 Å². The molecule has 1 amide bonds. The zero-order chi connectivity index (χ0) is 22.5. The number of benzene rings is 2. The molecule has 8 heteroatoms. The molecule has 0 saturated carbocycles. The second kappa shape index (κ2) is 9.87. The Morgan fingerprint density at radius 2 is 1.72 bits per heavy atom. The van der Waals surface area contributed by atoms with Gasteiger partial charge in [-0.2, -0.15) is 0 Å². The molecule has 0 spiro atoms. The van der Waals surface area contributed by atoms with Crippen molar-refractivity contribution in [1.82, 2.24) is 14.9 Å². The van der Waals surface area contributed by atoms with Crippen LogP contribution < -0.4 is 14.4 Å². The van der Waals surface area contributed by atoms with E-state index in [0.29, 0.717) is 37.0 Å². The fraction of sp³-hybridized carbons (Fsp3) is 0.292. The van der Waals surface area contributed by atoms with Gasteiger partial charge in [0.2, 0.25) is 0 Å². The summed E-state index contributed by atoms with van der Waals surface area (Å²) in [5, 5.41) is 0.680. The smallest absolute Gasteiger partial charge is 0.260 e. The Morgan fingerprint density at radius 3 is 2.41 bits per heavy atom. The van der Waals surface area contributed by atoms with Crippen molar-refractivity contribution in [2.75, 3.05) is 44.8 Å². The van der Waals surface area contributed by atoms with Crippen LogP contribution in [0.3, 0.4) is 0 Å². The first-order valence-corrected chi connectivity index (χ1v) is 10.8. The third kappa shape index (κ3) is 5.11. The van der Waals surface area contributed by atoms with E-state index in [1.165, 1.54) is 0 Å². The highest BCUT2D eigenvalue weighted by atomic mass is 35.5. The van der Waals surface area contributed by atoms with Gasteiger partial charge in [-0.1, -0.05) is 11.6 Å². The Balaban J connectivity index is 1.33. The van der Waals surface area contributed by atoms with Gasteiger partial charge in [-0.25, -0.2) is 9.97 Å². The van der Waals surface area contributed by atoms with Gasteiger partial charge in [-0.3, -0.25) is 4.79 Å². The number of rotatable bonds is 6. The van der Waals surface area contributed by atoms with Crippen molar-refractivity contribution in [3.63, 3.8) is 0 Å². The minimum atomic E-state index is -0.0288. The molecule has 1 aliphatic rings. The first-order chi connectivity index (χ1) is 15.5. The SMILES string of the molecule is COc1ccc(-c2cc(N3CCN(C(=O)COc4ccc(Cl)c(C)c4)CC3)ncn2)cc1. The van der Waals surface area contributed by atoms with Gasteiger partial charge in [0, 0.05) is 42.8 Å². The molecule has 0 aliphatic carbocycles. The number of anilines is 1. The topological polar surface area (TPSA) is 67.8 Å². The number of amides is 1. The molecule has 1 aliphatic heterocycles. The molecular weight excluding hydrogens is 428 g/mol. The number of hydrogen-bond acceptors (Lipinski definition) is 6. The highest BCUT2D eigenvalue weighted by Crippen LogP contribution is 2.24. The molecule has 2 heterocycles. The second-order valence-electron chi connectivity index (χ2n) is 7.56. The van der Waals surface area contributed by atoms with Crippen LogP contribution in [0.25, 0.3) is 11.3 Å². The minimum Gasteiger partial charge on any atom is -0.497 e. The summed E-state index contributed by atoms with van der Waals surface area (Å²) in [7, 11) is 1.65. The van der Waals surface area contributed by atoms with Crippen molar-refractivity contribution in [2.45, 2.75) is 6.92 Å². The van der Waals surface area contributed by atoms with Gasteiger partial charge in [0.1, 0.15) is 23.6 Å². The van der Waals surface area contributed by atoms with Gasteiger partial charge in [0.15, 0.2) is 6.61 Å². The quantitative estimate of drug-likeness (QED) is 0.566. The van der Waals surface area contributed by atoms with Crippen molar-refractivity contribution >= 4 is 23.3 Å². The van der Waals surface area contributed by atoms with Gasteiger partial charge in [-0.05, 0) is 55.0 Å². The summed E-state index contributed by atoms with van der Waals surface area (Å²) < 4.78 is 10.9. The fourth-order valence-electron chi connectivity index (χ4n) is 3.57. The molecule has 2 aromatic carbocycles. The molecular formula is C24H25ClN4O3. The van der Waals surface area contributed by atoms with Crippen LogP contribution >= 0.6 is 11.6 Å². The predicted molar refractivity (Wildman–Crippen MR) is 124 cm³/mol. The molecule has 0 unspecified atom stereocenters. The van der Waals surface area contributed by atoms with Gasteiger partial charge >= 0.3 is 0 Å². The first kappa shape index (κ1) is 21.9. The lowest BCUT2D eigenvalue weighted by Gasteiger charge is -2.35. The number of aromatic nitrogens is 2. The standard InChI is InChI=1S/C24H25ClN4O3/c1-17-13-20(7-8-21(17)25)32-15-24(30)29-11-9-28(10-12-29)23-14-22(26-16-27-23)18-3-5-19(31-2)6-4-18/h3-8,13-14,16H,9-12,15H2,1-2H3. The van der Waals surface area contributed by atoms with Crippen molar-refractivity contribution in [3.8, 4) is 22.8 Å². The summed E-state index contributed by atoms with van der Waals surface area (Å²) in [4.78, 5) is 25.4. The lowest BCUT2D eigenvalue weighted by atomic mass is 10.1. The van der Waals surface area contributed by atoms with E-state index < -0.39 is 0 Å². The van der Waals surface area contributed by atoms with Crippen LogP contribution in [0.1, 0.15) is 5.56 Å². The molecule has 0 N–H and O–H groups in total. The van der Waals surface area contributed by atoms with Crippen LogP contribution in [0, 0.1) is 6.92 Å². The predicted octanol–water partition coefficient (Wildman–Crippen LogP) is 3.84. The largest absolute Gasteiger partial charge is 0.497 e. The molecule has 1 aromatic heterocycles. The molecule has 7 nitrogen and oxygen atoms in total. The second-order valence-corrected chi connectivity index (χ2v) is 7.96. The van der Waals surface area contributed by atoms with Crippen LogP contribution in [-0.4, -0.2) is 60.7 Å². The lowest BCUT2D eigenvalue weighted by Crippen LogP contribution is -2.50. The van der Waals surface area contributed by atoms with Crippen LogP contribution in [0.15, 0.2) is 54.9 Å². The van der Waals surface area contributed by atoms with Crippen LogP contribution in [0.4, 0.5) is 5.82 Å². The van der Waals surface area contributed by atoms with Crippen molar-refractivity contribution < 1.29 is 14.3 Å². The van der Waals surface area contributed by atoms with E-state index in [2.05, 4.69) is 14.9 Å². The molecule has 4 rings (SSSR count). The summed E-state index contributed by atoms with van der Waals surface area (Å²) in [6.07, 6.45) is 1.58. The molecule has 3 aromatic rings. The summed E-state index contributed by atoms with van der Waals surface area (Å²) in [5.41, 5.74) is 2.77. The third-order valence-electron chi connectivity index (χ3n) is 5.49. The van der Waals surface area contributed by atoms with E-state index in [1.54, 1.807) is 25.6 Å². The first-order valence-electron chi connectivity index (χ1n) is 10.4. The maximum atomic E-state index is 12.6. The highest BCUT2D eigenvalue weighted by Gasteiger charge is 2.22. The van der Waals surface area contributed by atoms with E-state index >= 15 is 0 Å². The number of methoxy groups -OCH3 is 1. The average molecular weight is 453 g/mol.